The van der Waals surface area contributed by atoms with Crippen LogP contribution in [-0.4, -0.2) is 73.3 Å². The minimum absolute atomic E-state index is 0.0584. The lowest BCUT2D eigenvalue weighted by Crippen LogP contribution is -2.48. The third-order valence-corrected chi connectivity index (χ3v) is 6.00. The summed E-state index contributed by atoms with van der Waals surface area (Å²) in [6, 6.07) is 6.84. The number of carbonyl (C=O) groups is 3. The average Bonchev–Trinajstić information content (AvgIpc) is 3.21. The number of piperidine rings is 1. The van der Waals surface area contributed by atoms with Crippen LogP contribution < -0.4 is 5.32 Å². The molecule has 1 aromatic carbocycles. The molecule has 0 spiro atoms. The quantitative estimate of drug-likeness (QED) is 0.504. The highest BCUT2D eigenvalue weighted by Crippen LogP contribution is 2.35. The number of aliphatic hydroxyl groups excluding tert-OH is 1. The van der Waals surface area contributed by atoms with E-state index in [0.29, 0.717) is 5.69 Å². The van der Waals surface area contributed by atoms with Crippen molar-refractivity contribution < 1.29 is 37.8 Å². The number of alkyl halides is 3. The number of nitrogens with zero attached hydrogens (tertiary/aromatic N) is 4. The molecule has 1 unspecified atom stereocenters. The van der Waals surface area contributed by atoms with Crippen LogP contribution >= 0.6 is 0 Å². The van der Waals surface area contributed by atoms with Crippen molar-refractivity contribution in [2.75, 3.05) is 18.4 Å². The van der Waals surface area contributed by atoms with E-state index in [0.717, 1.165) is 10.2 Å². The molecule has 13 heteroatoms. The maximum Gasteiger partial charge on any atom is 0.416 e. The Morgan fingerprint density at radius 2 is 1.80 bits per heavy atom. The molecule has 3 rings (SSSR count). The second-order valence-electron chi connectivity index (χ2n) is 8.69. The van der Waals surface area contributed by atoms with Crippen LogP contribution in [-0.2, 0) is 33.8 Å². The van der Waals surface area contributed by atoms with Gasteiger partial charge in [0, 0.05) is 38.3 Å². The van der Waals surface area contributed by atoms with Crippen LogP contribution in [0.5, 0.6) is 0 Å². The van der Waals surface area contributed by atoms with E-state index in [1.54, 1.807) is 29.2 Å². The number of carboxylic acid groups (broad SMARTS) is 1. The number of rotatable bonds is 8. The Balaban J connectivity index is 1.58. The maximum absolute atomic E-state index is 12.7. The fourth-order valence-electron chi connectivity index (χ4n) is 3.98. The molecule has 1 aliphatic rings. The number of hydrogen-bond donors (Lipinski definition) is 3. The zero-order valence-corrected chi connectivity index (χ0v) is 19.0. The lowest BCUT2D eigenvalue weighted by atomic mass is 9.75. The summed E-state index contributed by atoms with van der Waals surface area (Å²) in [7, 11) is 0. The number of carbonyl (C=O) groups excluding carboxylic acids is 2. The summed E-state index contributed by atoms with van der Waals surface area (Å²) in [6.07, 6.45) is -5.86. The van der Waals surface area contributed by atoms with Gasteiger partial charge in [0.05, 0.1) is 24.1 Å². The summed E-state index contributed by atoms with van der Waals surface area (Å²) in [4.78, 5) is 37.5. The van der Waals surface area contributed by atoms with Crippen LogP contribution in [0.1, 0.15) is 31.0 Å². The summed E-state index contributed by atoms with van der Waals surface area (Å²) in [6.45, 7) is 0.960. The van der Waals surface area contributed by atoms with Gasteiger partial charge in [0.25, 0.3) is 0 Å². The van der Waals surface area contributed by atoms with E-state index in [4.69, 9.17) is 0 Å². The van der Waals surface area contributed by atoms with Crippen molar-refractivity contribution in [3.8, 4) is 0 Å². The Labute approximate surface area is 198 Å². The molecule has 0 aliphatic carbocycles. The first-order chi connectivity index (χ1) is 16.4. The van der Waals surface area contributed by atoms with E-state index in [1.165, 1.54) is 13.1 Å². The largest absolute Gasteiger partial charge is 0.481 e. The van der Waals surface area contributed by atoms with Crippen molar-refractivity contribution in [1.29, 1.82) is 0 Å². The molecule has 190 valence electrons. The number of carboxylic acids is 1. The normalized spacial score (nSPS) is 16.5. The van der Waals surface area contributed by atoms with Crippen LogP contribution in [0.2, 0.25) is 0 Å². The Morgan fingerprint density at radius 1 is 1.17 bits per heavy atom. The Hall–Kier alpha value is -3.48. The second-order valence-corrected chi connectivity index (χ2v) is 8.69. The van der Waals surface area contributed by atoms with Crippen molar-refractivity contribution >= 4 is 23.5 Å². The predicted molar refractivity (Wildman–Crippen MR) is 116 cm³/mol. The van der Waals surface area contributed by atoms with Crippen molar-refractivity contribution in [3.63, 3.8) is 0 Å². The Bertz CT molecular complexity index is 1060. The number of aliphatic carboxylic acids is 1. The summed E-state index contributed by atoms with van der Waals surface area (Å²) >= 11 is 0. The van der Waals surface area contributed by atoms with Crippen LogP contribution in [0.15, 0.2) is 30.5 Å². The van der Waals surface area contributed by atoms with Crippen molar-refractivity contribution in [2.24, 2.45) is 5.41 Å². The molecule has 1 aromatic heterocycles. The number of aromatic nitrogens is 3. The lowest BCUT2D eigenvalue weighted by molar-refractivity contribution is -0.208. The number of halogens is 3. The summed E-state index contributed by atoms with van der Waals surface area (Å²) in [5, 5.41) is 29.0. The lowest BCUT2D eigenvalue weighted by Gasteiger charge is -2.38. The van der Waals surface area contributed by atoms with Gasteiger partial charge >= 0.3 is 12.1 Å². The molecule has 0 saturated carbocycles. The van der Waals surface area contributed by atoms with Gasteiger partial charge < -0.3 is 20.4 Å². The average molecular weight is 497 g/mol. The number of benzene rings is 1. The molecule has 0 bridgehead atoms. The number of hydrogen-bond acceptors (Lipinski definition) is 6. The fraction of sp³-hybridized carbons (Fsp3) is 0.500. The molecule has 1 aliphatic heterocycles. The predicted octanol–water partition coefficient (Wildman–Crippen LogP) is 1.64. The number of nitrogens with one attached hydrogen (secondary N) is 1. The van der Waals surface area contributed by atoms with E-state index in [9.17, 15) is 37.8 Å². The van der Waals surface area contributed by atoms with Crippen molar-refractivity contribution in [2.45, 2.75) is 51.4 Å². The molecule has 1 atom stereocenters. The fourth-order valence-corrected chi connectivity index (χ4v) is 3.98. The van der Waals surface area contributed by atoms with E-state index in [-0.39, 0.29) is 56.3 Å². The highest BCUT2D eigenvalue weighted by atomic mass is 19.4. The van der Waals surface area contributed by atoms with Gasteiger partial charge in [-0.25, -0.2) is 4.68 Å². The maximum atomic E-state index is 12.7. The third kappa shape index (κ3) is 6.78. The highest BCUT2D eigenvalue weighted by molar-refractivity contribution is 5.88. The molecule has 35 heavy (non-hydrogen) atoms. The van der Waals surface area contributed by atoms with Gasteiger partial charge in [-0.05, 0) is 30.5 Å². The molecular formula is C22H26F3N5O5. The second kappa shape index (κ2) is 10.4. The minimum atomic E-state index is -4.80. The summed E-state index contributed by atoms with van der Waals surface area (Å²) in [5.41, 5.74) is 0.320. The molecule has 10 nitrogen and oxygen atoms in total. The molecule has 2 heterocycles. The van der Waals surface area contributed by atoms with Gasteiger partial charge in [0.2, 0.25) is 11.8 Å². The van der Waals surface area contributed by atoms with Crippen molar-refractivity contribution in [3.05, 3.63) is 41.7 Å². The van der Waals surface area contributed by atoms with Crippen molar-refractivity contribution in [1.82, 2.24) is 19.9 Å². The standard InChI is InChI=1S/C22H26F3N5O5/c1-14(31)26-16-4-2-15(3-5-16)10-19(33)29-8-6-21(7-9-29,20(34)35)11-17-12-30(28-27-17)13-18(32)22(23,24)25/h2-5,12,18,32H,6-11,13H2,1H3,(H,26,31)(H,34,35). The molecule has 2 aromatic rings. The molecule has 1 fully saturated rings. The van der Waals surface area contributed by atoms with Gasteiger partial charge in [-0.1, -0.05) is 17.3 Å². The monoisotopic (exact) mass is 497 g/mol. The summed E-state index contributed by atoms with van der Waals surface area (Å²) < 4.78 is 38.5. The molecule has 0 radical (unpaired) electrons. The summed E-state index contributed by atoms with van der Waals surface area (Å²) in [5.74, 6) is -1.45. The van der Waals surface area contributed by atoms with E-state index < -0.39 is 30.2 Å². The number of amides is 2. The smallest absolute Gasteiger partial charge is 0.416 e. The molecular weight excluding hydrogens is 471 g/mol. The number of likely N-dealkylation sites (tertiary alicyclic amines) is 1. The van der Waals surface area contributed by atoms with E-state index >= 15 is 0 Å². The van der Waals surface area contributed by atoms with E-state index in [1.807, 2.05) is 0 Å². The Kier molecular flexibility index (Phi) is 7.78. The zero-order chi connectivity index (χ0) is 25.8. The van der Waals surface area contributed by atoms with Gasteiger partial charge in [0.1, 0.15) is 0 Å². The van der Waals surface area contributed by atoms with Gasteiger partial charge in [-0.2, -0.15) is 13.2 Å². The Morgan fingerprint density at radius 3 is 2.34 bits per heavy atom. The van der Waals surface area contributed by atoms with Crippen LogP contribution in [0, 0.1) is 5.41 Å². The number of anilines is 1. The van der Waals surface area contributed by atoms with Gasteiger partial charge in [0.15, 0.2) is 6.10 Å². The van der Waals surface area contributed by atoms with Crippen LogP contribution in [0.3, 0.4) is 0 Å². The first kappa shape index (κ1) is 26.1. The third-order valence-electron chi connectivity index (χ3n) is 6.00. The van der Waals surface area contributed by atoms with E-state index in [2.05, 4.69) is 15.6 Å². The SMILES string of the molecule is CC(=O)Nc1ccc(CC(=O)N2CCC(Cc3cn(CC(O)C(F)(F)F)nn3)(C(=O)O)CC2)cc1. The number of aliphatic hydroxyl groups is 1. The first-order valence-corrected chi connectivity index (χ1v) is 10.9. The molecule has 1 saturated heterocycles. The van der Waals surface area contributed by atoms with Gasteiger partial charge in [-0.3, -0.25) is 14.4 Å². The molecule has 2 amide bonds. The van der Waals surface area contributed by atoms with Gasteiger partial charge in [-0.15, -0.1) is 5.10 Å². The molecule has 3 N–H and O–H groups in total. The first-order valence-electron chi connectivity index (χ1n) is 10.9. The highest BCUT2D eigenvalue weighted by Gasteiger charge is 2.43. The van der Waals surface area contributed by atoms with Crippen LogP contribution in [0.25, 0.3) is 0 Å². The topological polar surface area (TPSA) is 138 Å². The minimum Gasteiger partial charge on any atom is -0.481 e. The van der Waals surface area contributed by atoms with Crippen LogP contribution in [0.4, 0.5) is 18.9 Å². The zero-order valence-electron chi connectivity index (χ0n) is 19.0.